The number of benzene rings is 2. The Morgan fingerprint density at radius 2 is 1.64 bits per heavy atom. The number of hydrogen-bond donors (Lipinski definition) is 0. The number of rotatable bonds is 1. The number of imide groups is 1. The molecule has 0 N–H and O–H groups in total. The molecule has 0 fully saturated rings. The third-order valence-electron chi connectivity index (χ3n) is 4.17. The number of amides is 2. The summed E-state index contributed by atoms with van der Waals surface area (Å²) in [4.78, 5) is 38.2. The second kappa shape index (κ2) is 5.56. The number of carbonyl (C=O) groups is 3. The minimum absolute atomic E-state index is 0.167. The molecule has 0 atom stereocenters. The smallest absolute Gasteiger partial charge is 0.344 e. The zero-order chi connectivity index (χ0) is 17.6. The van der Waals surface area contributed by atoms with Gasteiger partial charge in [0.05, 0.1) is 16.8 Å². The number of fused-ring (bicyclic) bond motifs is 1. The van der Waals surface area contributed by atoms with Crippen molar-refractivity contribution < 1.29 is 19.1 Å². The second-order valence-corrected chi connectivity index (χ2v) is 5.73. The standard InChI is InChI=1S/C20H13NO4/c1-12(22)21-16-10-6-5-9-14(16)18(19(21)23)15-11-17(25-20(15)24)13-7-3-2-4-8-13/h2-11H,1H3/b18-15-. The summed E-state index contributed by atoms with van der Waals surface area (Å²) in [7, 11) is 0. The molecule has 0 spiro atoms. The number of carbonyl (C=O) groups excluding carboxylic acids is 3. The first-order valence-electron chi connectivity index (χ1n) is 7.76. The summed E-state index contributed by atoms with van der Waals surface area (Å²) in [6.45, 7) is 1.32. The van der Waals surface area contributed by atoms with Crippen LogP contribution in [-0.4, -0.2) is 17.8 Å². The number of esters is 1. The van der Waals surface area contributed by atoms with Crippen LogP contribution < -0.4 is 4.90 Å². The largest absolute Gasteiger partial charge is 0.422 e. The zero-order valence-corrected chi connectivity index (χ0v) is 13.4. The lowest BCUT2D eigenvalue weighted by Gasteiger charge is -2.11. The molecule has 0 saturated heterocycles. The highest BCUT2D eigenvalue weighted by atomic mass is 16.5. The Balaban J connectivity index is 1.91. The zero-order valence-electron chi connectivity index (χ0n) is 13.4. The van der Waals surface area contributed by atoms with Crippen LogP contribution in [0.2, 0.25) is 0 Å². The summed E-state index contributed by atoms with van der Waals surface area (Å²) >= 11 is 0. The molecule has 2 aliphatic heterocycles. The van der Waals surface area contributed by atoms with Gasteiger partial charge in [0.2, 0.25) is 5.91 Å². The third-order valence-corrected chi connectivity index (χ3v) is 4.17. The predicted octanol–water partition coefficient (Wildman–Crippen LogP) is 2.93. The van der Waals surface area contributed by atoms with Gasteiger partial charge in [0.25, 0.3) is 5.91 Å². The van der Waals surface area contributed by atoms with Crippen molar-refractivity contribution in [1.82, 2.24) is 0 Å². The Kier molecular flexibility index (Phi) is 3.35. The Labute approximate surface area is 143 Å². The van der Waals surface area contributed by atoms with Gasteiger partial charge in [-0.1, -0.05) is 48.5 Å². The van der Waals surface area contributed by atoms with Gasteiger partial charge >= 0.3 is 5.97 Å². The van der Waals surface area contributed by atoms with Crippen LogP contribution in [0.1, 0.15) is 18.1 Å². The molecule has 5 heteroatoms. The lowest BCUT2D eigenvalue weighted by Crippen LogP contribution is -2.31. The molecule has 2 aromatic carbocycles. The normalized spacial score (nSPS) is 18.9. The molecule has 2 heterocycles. The van der Waals surface area contributed by atoms with Crippen molar-refractivity contribution in [3.63, 3.8) is 0 Å². The van der Waals surface area contributed by atoms with E-state index in [2.05, 4.69) is 0 Å². The Morgan fingerprint density at radius 1 is 0.960 bits per heavy atom. The first-order valence-corrected chi connectivity index (χ1v) is 7.76. The van der Waals surface area contributed by atoms with E-state index in [0.29, 0.717) is 17.0 Å². The van der Waals surface area contributed by atoms with Crippen molar-refractivity contribution >= 4 is 34.8 Å². The van der Waals surface area contributed by atoms with Gasteiger partial charge in [0.1, 0.15) is 5.76 Å². The van der Waals surface area contributed by atoms with Gasteiger partial charge in [-0.05, 0) is 12.1 Å². The van der Waals surface area contributed by atoms with Gasteiger partial charge in [-0.25, -0.2) is 9.69 Å². The summed E-state index contributed by atoms with van der Waals surface area (Å²) in [6, 6.07) is 16.1. The molecule has 2 aliphatic rings. The van der Waals surface area contributed by atoms with E-state index in [4.69, 9.17) is 4.74 Å². The van der Waals surface area contributed by atoms with Crippen LogP contribution in [0, 0.1) is 0 Å². The maximum absolute atomic E-state index is 12.8. The number of cyclic esters (lactones) is 1. The van der Waals surface area contributed by atoms with Gasteiger partial charge in [0, 0.05) is 18.1 Å². The van der Waals surface area contributed by atoms with Crippen molar-refractivity contribution in [3.8, 4) is 0 Å². The van der Waals surface area contributed by atoms with E-state index in [0.717, 1.165) is 10.5 Å². The minimum Gasteiger partial charge on any atom is -0.422 e. The fourth-order valence-electron chi connectivity index (χ4n) is 3.08. The summed E-state index contributed by atoms with van der Waals surface area (Å²) in [5.74, 6) is -1.11. The highest BCUT2D eigenvalue weighted by Gasteiger charge is 2.39. The van der Waals surface area contributed by atoms with Gasteiger partial charge in [0.15, 0.2) is 0 Å². The fraction of sp³-hybridized carbons (Fsp3) is 0.0500. The molecule has 4 rings (SSSR count). The Hall–Kier alpha value is -3.47. The van der Waals surface area contributed by atoms with E-state index in [1.807, 2.05) is 30.3 Å². The van der Waals surface area contributed by atoms with E-state index in [-0.39, 0.29) is 11.1 Å². The number of hydrogen-bond acceptors (Lipinski definition) is 4. The van der Waals surface area contributed by atoms with Crippen LogP contribution in [0.4, 0.5) is 5.69 Å². The summed E-state index contributed by atoms with van der Waals surface area (Å²) in [6.07, 6.45) is 1.56. The SMILES string of the molecule is CC(=O)N1C(=O)/C(=C2/C=C(c3ccccc3)OC2=O)c2ccccc21. The molecule has 2 amide bonds. The van der Waals surface area contributed by atoms with Crippen LogP contribution in [-0.2, 0) is 19.1 Å². The van der Waals surface area contributed by atoms with E-state index in [9.17, 15) is 14.4 Å². The quantitative estimate of drug-likeness (QED) is 0.595. The second-order valence-electron chi connectivity index (χ2n) is 5.73. The molecule has 0 aromatic heterocycles. The molecule has 0 saturated carbocycles. The highest BCUT2D eigenvalue weighted by Crippen LogP contribution is 2.41. The molecule has 122 valence electrons. The topological polar surface area (TPSA) is 63.7 Å². The van der Waals surface area contributed by atoms with E-state index >= 15 is 0 Å². The van der Waals surface area contributed by atoms with Crippen LogP contribution in [0.25, 0.3) is 11.3 Å². The third kappa shape index (κ3) is 2.29. The molecule has 2 aromatic rings. The Bertz CT molecular complexity index is 986. The van der Waals surface area contributed by atoms with Gasteiger partial charge in [-0.2, -0.15) is 0 Å². The van der Waals surface area contributed by atoms with Crippen LogP contribution in [0.15, 0.2) is 66.2 Å². The Morgan fingerprint density at radius 3 is 2.36 bits per heavy atom. The van der Waals surface area contributed by atoms with Crippen LogP contribution >= 0.6 is 0 Å². The predicted molar refractivity (Wildman–Crippen MR) is 92.0 cm³/mol. The van der Waals surface area contributed by atoms with Crippen LogP contribution in [0.5, 0.6) is 0 Å². The van der Waals surface area contributed by atoms with E-state index < -0.39 is 17.8 Å². The van der Waals surface area contributed by atoms with Crippen molar-refractivity contribution in [2.45, 2.75) is 6.92 Å². The van der Waals surface area contributed by atoms with Crippen LogP contribution in [0.3, 0.4) is 0 Å². The summed E-state index contributed by atoms with van der Waals surface area (Å²) < 4.78 is 5.34. The fourth-order valence-corrected chi connectivity index (χ4v) is 3.08. The van der Waals surface area contributed by atoms with Crippen molar-refractivity contribution in [2.75, 3.05) is 4.90 Å². The molecular formula is C20H13NO4. The van der Waals surface area contributed by atoms with E-state index in [1.54, 1.807) is 30.3 Å². The molecule has 0 radical (unpaired) electrons. The molecule has 0 bridgehead atoms. The molecule has 25 heavy (non-hydrogen) atoms. The monoisotopic (exact) mass is 331 g/mol. The van der Waals surface area contributed by atoms with Gasteiger partial charge < -0.3 is 4.74 Å². The van der Waals surface area contributed by atoms with Crippen molar-refractivity contribution in [2.24, 2.45) is 0 Å². The summed E-state index contributed by atoms with van der Waals surface area (Å²) in [5.41, 5.74) is 2.15. The molecular weight excluding hydrogens is 318 g/mol. The molecule has 5 nitrogen and oxygen atoms in total. The number of nitrogens with zero attached hydrogens (tertiary/aromatic N) is 1. The van der Waals surface area contributed by atoms with Gasteiger partial charge in [-0.15, -0.1) is 0 Å². The number of para-hydroxylation sites is 1. The highest BCUT2D eigenvalue weighted by molar-refractivity contribution is 6.42. The molecule has 0 unspecified atom stereocenters. The van der Waals surface area contributed by atoms with E-state index in [1.165, 1.54) is 6.92 Å². The minimum atomic E-state index is -0.595. The first kappa shape index (κ1) is 15.1. The average Bonchev–Trinajstić information content (AvgIpc) is 3.12. The maximum Gasteiger partial charge on any atom is 0.344 e. The number of anilines is 1. The van der Waals surface area contributed by atoms with Gasteiger partial charge in [-0.3, -0.25) is 9.59 Å². The molecule has 0 aliphatic carbocycles. The lowest BCUT2D eigenvalue weighted by molar-refractivity contribution is -0.131. The summed E-state index contributed by atoms with van der Waals surface area (Å²) in [5, 5.41) is 0. The first-order chi connectivity index (χ1) is 12.1. The van der Waals surface area contributed by atoms with Crippen molar-refractivity contribution in [1.29, 1.82) is 0 Å². The number of ether oxygens (including phenoxy) is 1. The van der Waals surface area contributed by atoms with Crippen molar-refractivity contribution in [3.05, 3.63) is 77.4 Å². The maximum atomic E-state index is 12.8. The lowest BCUT2D eigenvalue weighted by atomic mass is 10.0. The average molecular weight is 331 g/mol.